The molecule has 1 atom stereocenters. The maximum atomic E-state index is 13.2. The number of hydrogen-bond donors (Lipinski definition) is 1. The molecule has 2 aliphatic heterocycles. The summed E-state index contributed by atoms with van der Waals surface area (Å²) in [6, 6.07) is 4.80. The summed E-state index contributed by atoms with van der Waals surface area (Å²) in [4.78, 5) is 31.7. The second-order valence-corrected chi connectivity index (χ2v) is 9.43. The van der Waals surface area contributed by atoms with Crippen molar-refractivity contribution in [1.82, 2.24) is 14.8 Å². The molecule has 2 aromatic rings. The number of likely N-dealkylation sites (tertiary alicyclic amines) is 1. The smallest absolute Gasteiger partial charge is 0.380 e. The normalized spacial score (nSPS) is 18.9. The first-order valence-corrected chi connectivity index (χ1v) is 12.2. The summed E-state index contributed by atoms with van der Waals surface area (Å²) in [5, 5.41) is 13.9. The van der Waals surface area contributed by atoms with E-state index in [4.69, 9.17) is 0 Å². The topological polar surface area (TPSA) is 94.9 Å². The number of pyridine rings is 1. The van der Waals surface area contributed by atoms with E-state index in [0.717, 1.165) is 12.1 Å². The van der Waals surface area contributed by atoms with Gasteiger partial charge >= 0.3 is 12.4 Å². The fourth-order valence-electron chi connectivity index (χ4n) is 4.73. The van der Waals surface area contributed by atoms with Gasteiger partial charge in [-0.05, 0) is 30.7 Å². The third-order valence-electron chi connectivity index (χ3n) is 6.83. The minimum absolute atomic E-state index is 0.0895. The lowest BCUT2D eigenvalue weighted by atomic mass is 10.1. The number of aromatic nitrogens is 1. The summed E-state index contributed by atoms with van der Waals surface area (Å²) in [6.45, 7) is 3.64. The molecule has 4 rings (SSSR count). The van der Waals surface area contributed by atoms with Crippen LogP contribution >= 0.6 is 0 Å². The number of alkyl halides is 6. The van der Waals surface area contributed by atoms with Gasteiger partial charge in [0.05, 0.1) is 16.8 Å². The standard InChI is InChI=1S/C24H26F6N6O3/c25-23(26,27)19-13-16(1-3-20(19)36(38)39)32-17-5-8-35(15-17)22(37)6-7-33-9-11-34(12-10-33)18-2-4-21(31-14-18)24(28,29)30/h1-4,13-14,17,32H,5-12,15H2/t17-/m1/s1. The van der Waals surface area contributed by atoms with Crippen molar-refractivity contribution in [1.29, 1.82) is 0 Å². The Hall–Kier alpha value is -3.62. The first-order valence-electron chi connectivity index (χ1n) is 12.2. The van der Waals surface area contributed by atoms with Gasteiger partial charge in [-0.2, -0.15) is 26.3 Å². The van der Waals surface area contributed by atoms with E-state index in [2.05, 4.69) is 15.2 Å². The number of piperazine rings is 1. The van der Waals surface area contributed by atoms with Gasteiger partial charge in [-0.25, -0.2) is 4.98 Å². The van der Waals surface area contributed by atoms with Crippen LogP contribution in [0.3, 0.4) is 0 Å². The second kappa shape index (κ2) is 11.2. The molecule has 9 nitrogen and oxygen atoms in total. The molecule has 1 N–H and O–H groups in total. The van der Waals surface area contributed by atoms with Crippen LogP contribution in [0.1, 0.15) is 24.1 Å². The van der Waals surface area contributed by atoms with Crippen LogP contribution in [0.4, 0.5) is 43.4 Å². The predicted octanol–water partition coefficient (Wildman–Crippen LogP) is 4.25. The number of nitro groups is 1. The Morgan fingerprint density at radius 1 is 1.03 bits per heavy atom. The van der Waals surface area contributed by atoms with Gasteiger partial charge in [-0.1, -0.05) is 0 Å². The van der Waals surface area contributed by atoms with E-state index in [0.29, 0.717) is 64.0 Å². The summed E-state index contributed by atoms with van der Waals surface area (Å²) in [5.41, 5.74) is -2.61. The average Bonchev–Trinajstić information content (AvgIpc) is 3.35. The number of benzene rings is 1. The Morgan fingerprint density at radius 3 is 2.33 bits per heavy atom. The Bertz CT molecular complexity index is 1180. The third-order valence-corrected chi connectivity index (χ3v) is 6.83. The van der Waals surface area contributed by atoms with Crippen LogP contribution < -0.4 is 10.2 Å². The van der Waals surface area contributed by atoms with Crippen LogP contribution in [-0.2, 0) is 17.1 Å². The van der Waals surface area contributed by atoms with Crippen LogP contribution in [0, 0.1) is 10.1 Å². The number of carbonyl (C=O) groups excluding carboxylic acids is 1. The van der Waals surface area contributed by atoms with Crippen molar-refractivity contribution in [2.75, 3.05) is 56.0 Å². The molecule has 1 aromatic carbocycles. The minimum atomic E-state index is -4.88. The number of carbonyl (C=O) groups is 1. The van der Waals surface area contributed by atoms with Gasteiger partial charge in [0.2, 0.25) is 5.91 Å². The SMILES string of the molecule is O=C(CCN1CCN(c2ccc(C(F)(F)F)nc2)CC1)N1CC[C@@H](Nc2ccc([N+](=O)[O-])c(C(F)(F)F)c2)C1. The molecule has 1 aromatic heterocycles. The van der Waals surface area contributed by atoms with Crippen molar-refractivity contribution in [3.8, 4) is 0 Å². The monoisotopic (exact) mass is 560 g/mol. The number of amides is 1. The molecule has 2 fully saturated rings. The molecule has 2 aliphatic rings. The van der Waals surface area contributed by atoms with Crippen LogP contribution in [-0.4, -0.2) is 77.5 Å². The first-order chi connectivity index (χ1) is 18.3. The van der Waals surface area contributed by atoms with Gasteiger partial charge in [0.25, 0.3) is 5.69 Å². The lowest BCUT2D eigenvalue weighted by Gasteiger charge is -2.36. The number of rotatable bonds is 7. The molecule has 1 amide bonds. The van der Waals surface area contributed by atoms with Crippen LogP contribution in [0.15, 0.2) is 36.5 Å². The minimum Gasteiger partial charge on any atom is -0.380 e. The fraction of sp³-hybridized carbons (Fsp3) is 0.500. The van der Waals surface area contributed by atoms with Crippen LogP contribution in [0.2, 0.25) is 0 Å². The number of nitro benzene ring substituents is 1. The van der Waals surface area contributed by atoms with Crippen LogP contribution in [0.25, 0.3) is 0 Å². The first kappa shape index (κ1) is 28.4. The van der Waals surface area contributed by atoms with E-state index in [-0.39, 0.29) is 24.1 Å². The van der Waals surface area contributed by atoms with Crippen molar-refractivity contribution in [3.63, 3.8) is 0 Å². The zero-order valence-corrected chi connectivity index (χ0v) is 20.6. The van der Waals surface area contributed by atoms with Gasteiger partial charge in [-0.15, -0.1) is 0 Å². The highest BCUT2D eigenvalue weighted by molar-refractivity contribution is 5.77. The van der Waals surface area contributed by atoms with E-state index in [1.165, 1.54) is 18.3 Å². The third kappa shape index (κ3) is 7.07. The molecule has 0 bridgehead atoms. The number of halogens is 6. The summed E-state index contributed by atoms with van der Waals surface area (Å²) in [6.07, 6.45) is -7.39. The summed E-state index contributed by atoms with van der Waals surface area (Å²) < 4.78 is 77.8. The van der Waals surface area contributed by atoms with Crippen molar-refractivity contribution < 1.29 is 36.1 Å². The molecular formula is C24H26F6N6O3. The van der Waals surface area contributed by atoms with Crippen molar-refractivity contribution in [2.24, 2.45) is 0 Å². The number of anilines is 2. The molecule has 15 heteroatoms. The van der Waals surface area contributed by atoms with E-state index in [9.17, 15) is 41.3 Å². The van der Waals surface area contributed by atoms with Gasteiger partial charge in [0.15, 0.2) is 0 Å². The fourth-order valence-corrected chi connectivity index (χ4v) is 4.73. The summed E-state index contributed by atoms with van der Waals surface area (Å²) in [5.74, 6) is -0.0895. The zero-order valence-electron chi connectivity index (χ0n) is 20.6. The summed E-state index contributed by atoms with van der Waals surface area (Å²) >= 11 is 0. The van der Waals surface area contributed by atoms with Crippen molar-refractivity contribution >= 4 is 23.0 Å². The average molecular weight is 560 g/mol. The molecule has 3 heterocycles. The van der Waals surface area contributed by atoms with Crippen molar-refractivity contribution in [2.45, 2.75) is 31.2 Å². The number of hydrogen-bond acceptors (Lipinski definition) is 7. The maximum Gasteiger partial charge on any atom is 0.433 e. The Labute approximate surface area is 219 Å². The molecule has 0 spiro atoms. The lowest BCUT2D eigenvalue weighted by Crippen LogP contribution is -2.47. The highest BCUT2D eigenvalue weighted by Gasteiger charge is 2.39. The second-order valence-electron chi connectivity index (χ2n) is 9.43. The zero-order chi connectivity index (χ0) is 28.4. The molecule has 39 heavy (non-hydrogen) atoms. The van der Waals surface area contributed by atoms with Gasteiger partial charge in [0.1, 0.15) is 11.3 Å². The molecule has 212 valence electrons. The molecule has 0 saturated carbocycles. The maximum absolute atomic E-state index is 13.2. The molecule has 0 aliphatic carbocycles. The highest BCUT2D eigenvalue weighted by Crippen LogP contribution is 2.38. The summed E-state index contributed by atoms with van der Waals surface area (Å²) in [7, 11) is 0. The van der Waals surface area contributed by atoms with E-state index < -0.39 is 34.2 Å². The van der Waals surface area contributed by atoms with E-state index in [1.807, 2.05) is 4.90 Å². The van der Waals surface area contributed by atoms with Gasteiger partial charge < -0.3 is 15.1 Å². The van der Waals surface area contributed by atoms with Crippen molar-refractivity contribution in [3.05, 3.63) is 57.9 Å². The quantitative estimate of drug-likeness (QED) is 0.307. The number of nitrogens with one attached hydrogen (secondary N) is 1. The van der Waals surface area contributed by atoms with Gasteiger partial charge in [0, 0.05) is 70.0 Å². The highest BCUT2D eigenvalue weighted by atomic mass is 19.4. The molecular weight excluding hydrogens is 534 g/mol. The van der Waals surface area contributed by atoms with E-state index in [1.54, 1.807) is 4.90 Å². The van der Waals surface area contributed by atoms with Crippen LogP contribution in [0.5, 0.6) is 0 Å². The predicted molar refractivity (Wildman–Crippen MR) is 129 cm³/mol. The molecule has 2 saturated heterocycles. The Kier molecular flexibility index (Phi) is 8.18. The largest absolute Gasteiger partial charge is 0.433 e. The lowest BCUT2D eigenvalue weighted by molar-refractivity contribution is -0.388. The number of nitrogens with zero attached hydrogens (tertiary/aromatic N) is 5. The molecule has 0 radical (unpaired) electrons. The Balaban J connectivity index is 1.22. The Morgan fingerprint density at radius 2 is 1.74 bits per heavy atom. The van der Waals surface area contributed by atoms with Gasteiger partial charge in [-0.3, -0.25) is 19.8 Å². The van der Waals surface area contributed by atoms with E-state index >= 15 is 0 Å². The molecule has 0 unspecified atom stereocenters.